The Labute approximate surface area is 106 Å². The van der Waals surface area contributed by atoms with Gasteiger partial charge in [-0.05, 0) is 39.8 Å². The van der Waals surface area contributed by atoms with Crippen molar-refractivity contribution in [2.24, 2.45) is 0 Å². The SMILES string of the molecule is CCOC(=O)C(C)(C)c1nc2nc(C)ccc2[nH]1. The Hall–Kier alpha value is -1.91. The zero-order valence-electron chi connectivity index (χ0n) is 11.1. The number of aromatic nitrogens is 3. The summed E-state index contributed by atoms with van der Waals surface area (Å²) in [6.45, 7) is 7.63. The molecule has 0 aliphatic carbocycles. The van der Waals surface area contributed by atoms with E-state index in [1.54, 1.807) is 20.8 Å². The Morgan fingerprint density at radius 1 is 1.39 bits per heavy atom. The highest BCUT2D eigenvalue weighted by Gasteiger charge is 2.34. The van der Waals surface area contributed by atoms with Gasteiger partial charge in [0.25, 0.3) is 0 Å². The fourth-order valence-corrected chi connectivity index (χ4v) is 1.69. The van der Waals surface area contributed by atoms with Crippen LogP contribution in [0.5, 0.6) is 0 Å². The summed E-state index contributed by atoms with van der Waals surface area (Å²) < 4.78 is 5.06. The predicted octanol–water partition coefficient (Wildman–Crippen LogP) is 2.11. The summed E-state index contributed by atoms with van der Waals surface area (Å²) in [7, 11) is 0. The standard InChI is InChI=1S/C13H17N3O2/c1-5-18-12(17)13(3,4)11-15-9-7-6-8(2)14-10(9)16-11/h6-7H,5H2,1-4H3,(H,14,15,16). The third kappa shape index (κ3) is 2.08. The van der Waals surface area contributed by atoms with Crippen molar-refractivity contribution in [2.45, 2.75) is 33.1 Å². The van der Waals surface area contributed by atoms with Gasteiger partial charge in [0.1, 0.15) is 11.2 Å². The third-order valence-corrected chi connectivity index (χ3v) is 2.86. The smallest absolute Gasteiger partial charge is 0.319 e. The predicted molar refractivity (Wildman–Crippen MR) is 68.3 cm³/mol. The topological polar surface area (TPSA) is 67.9 Å². The molecule has 18 heavy (non-hydrogen) atoms. The van der Waals surface area contributed by atoms with Gasteiger partial charge in [-0.15, -0.1) is 0 Å². The molecule has 0 saturated heterocycles. The van der Waals surface area contributed by atoms with E-state index >= 15 is 0 Å². The van der Waals surface area contributed by atoms with Gasteiger partial charge in [0.2, 0.25) is 0 Å². The Bertz CT molecular complexity index is 587. The number of carbonyl (C=O) groups excluding carboxylic acids is 1. The summed E-state index contributed by atoms with van der Waals surface area (Å²) in [6, 6.07) is 3.82. The summed E-state index contributed by atoms with van der Waals surface area (Å²) in [4.78, 5) is 23.7. The van der Waals surface area contributed by atoms with Gasteiger partial charge < -0.3 is 9.72 Å². The molecule has 5 nitrogen and oxygen atoms in total. The third-order valence-electron chi connectivity index (χ3n) is 2.86. The Morgan fingerprint density at radius 2 is 2.11 bits per heavy atom. The van der Waals surface area contributed by atoms with Crippen LogP contribution in [0.1, 0.15) is 32.3 Å². The Balaban J connectivity index is 2.44. The molecule has 0 aromatic carbocycles. The maximum Gasteiger partial charge on any atom is 0.319 e. The van der Waals surface area contributed by atoms with Crippen molar-refractivity contribution >= 4 is 17.1 Å². The maximum absolute atomic E-state index is 11.9. The molecule has 2 heterocycles. The molecule has 0 aliphatic heterocycles. The molecule has 0 atom stereocenters. The number of hydrogen-bond donors (Lipinski definition) is 1. The Kier molecular flexibility index (Phi) is 3.07. The van der Waals surface area contributed by atoms with Crippen LogP contribution in [-0.4, -0.2) is 27.5 Å². The van der Waals surface area contributed by atoms with Crippen LogP contribution < -0.4 is 0 Å². The first-order valence-corrected chi connectivity index (χ1v) is 5.96. The van der Waals surface area contributed by atoms with Gasteiger partial charge in [-0.1, -0.05) is 0 Å². The van der Waals surface area contributed by atoms with E-state index in [2.05, 4.69) is 15.0 Å². The lowest BCUT2D eigenvalue weighted by Gasteiger charge is -2.19. The van der Waals surface area contributed by atoms with Crippen molar-refractivity contribution in [3.05, 3.63) is 23.7 Å². The second-order valence-electron chi connectivity index (χ2n) is 4.75. The molecule has 2 rings (SSSR count). The van der Waals surface area contributed by atoms with Crippen LogP contribution in [0.4, 0.5) is 0 Å². The monoisotopic (exact) mass is 247 g/mol. The molecule has 0 fully saturated rings. The quantitative estimate of drug-likeness (QED) is 0.843. The molecule has 5 heteroatoms. The van der Waals surface area contributed by atoms with Crippen molar-refractivity contribution in [1.29, 1.82) is 0 Å². The number of pyridine rings is 1. The molecule has 96 valence electrons. The first-order valence-electron chi connectivity index (χ1n) is 5.96. The van der Waals surface area contributed by atoms with Crippen LogP contribution in [0.15, 0.2) is 12.1 Å². The first-order chi connectivity index (χ1) is 8.45. The van der Waals surface area contributed by atoms with E-state index in [1.807, 2.05) is 19.1 Å². The average molecular weight is 247 g/mol. The highest BCUT2D eigenvalue weighted by molar-refractivity contribution is 5.82. The van der Waals surface area contributed by atoms with Crippen molar-refractivity contribution in [2.75, 3.05) is 6.61 Å². The minimum atomic E-state index is -0.801. The molecule has 0 saturated carbocycles. The number of aryl methyl sites for hydroxylation is 1. The number of rotatable bonds is 3. The molecule has 1 N–H and O–H groups in total. The maximum atomic E-state index is 11.9. The molecule has 0 aliphatic rings. The van der Waals surface area contributed by atoms with Gasteiger partial charge in [-0.25, -0.2) is 9.97 Å². The number of hydrogen-bond acceptors (Lipinski definition) is 4. The number of nitrogens with zero attached hydrogens (tertiary/aromatic N) is 2. The summed E-state index contributed by atoms with van der Waals surface area (Å²) in [5.41, 5.74) is 1.55. The lowest BCUT2D eigenvalue weighted by atomic mass is 9.93. The Morgan fingerprint density at radius 3 is 2.78 bits per heavy atom. The minimum Gasteiger partial charge on any atom is -0.465 e. The van der Waals surface area contributed by atoms with Crippen LogP contribution >= 0.6 is 0 Å². The summed E-state index contributed by atoms with van der Waals surface area (Å²) in [5, 5.41) is 0. The fourth-order valence-electron chi connectivity index (χ4n) is 1.69. The van der Waals surface area contributed by atoms with E-state index in [0.717, 1.165) is 11.2 Å². The van der Waals surface area contributed by atoms with Gasteiger partial charge in [0.15, 0.2) is 5.65 Å². The number of nitrogens with one attached hydrogen (secondary N) is 1. The zero-order valence-corrected chi connectivity index (χ0v) is 11.1. The largest absolute Gasteiger partial charge is 0.465 e. The molecule has 0 unspecified atom stereocenters. The van der Waals surface area contributed by atoms with Gasteiger partial charge in [0, 0.05) is 5.69 Å². The van der Waals surface area contributed by atoms with E-state index in [9.17, 15) is 4.79 Å². The molecule has 0 radical (unpaired) electrons. The molecule has 0 amide bonds. The van der Waals surface area contributed by atoms with E-state index in [1.165, 1.54) is 0 Å². The van der Waals surface area contributed by atoms with Crippen LogP contribution in [0, 0.1) is 6.92 Å². The summed E-state index contributed by atoms with van der Waals surface area (Å²) in [6.07, 6.45) is 0. The fraction of sp³-hybridized carbons (Fsp3) is 0.462. The van der Waals surface area contributed by atoms with Gasteiger partial charge in [-0.2, -0.15) is 0 Å². The second kappa shape index (κ2) is 4.40. The number of H-pyrrole nitrogens is 1. The van der Waals surface area contributed by atoms with Gasteiger partial charge in [0.05, 0.1) is 12.1 Å². The van der Waals surface area contributed by atoms with E-state index < -0.39 is 5.41 Å². The van der Waals surface area contributed by atoms with Crippen molar-refractivity contribution in [3.63, 3.8) is 0 Å². The molecular formula is C13H17N3O2. The van der Waals surface area contributed by atoms with Crippen LogP contribution in [0.3, 0.4) is 0 Å². The van der Waals surface area contributed by atoms with E-state index in [4.69, 9.17) is 4.74 Å². The minimum absolute atomic E-state index is 0.291. The number of aromatic amines is 1. The molecule has 2 aromatic rings. The number of ether oxygens (including phenoxy) is 1. The van der Waals surface area contributed by atoms with Crippen LogP contribution in [0.25, 0.3) is 11.2 Å². The van der Waals surface area contributed by atoms with E-state index in [0.29, 0.717) is 18.1 Å². The van der Waals surface area contributed by atoms with Gasteiger partial charge >= 0.3 is 5.97 Å². The highest BCUT2D eigenvalue weighted by atomic mass is 16.5. The molecule has 0 bridgehead atoms. The normalized spacial score (nSPS) is 11.8. The highest BCUT2D eigenvalue weighted by Crippen LogP contribution is 2.24. The summed E-state index contributed by atoms with van der Waals surface area (Å²) >= 11 is 0. The van der Waals surface area contributed by atoms with E-state index in [-0.39, 0.29) is 5.97 Å². The number of fused-ring (bicyclic) bond motifs is 1. The van der Waals surface area contributed by atoms with Crippen molar-refractivity contribution < 1.29 is 9.53 Å². The first kappa shape index (κ1) is 12.5. The number of carbonyl (C=O) groups is 1. The second-order valence-corrected chi connectivity index (χ2v) is 4.75. The lowest BCUT2D eigenvalue weighted by Crippen LogP contribution is -2.32. The zero-order chi connectivity index (χ0) is 13.3. The average Bonchev–Trinajstić information content (AvgIpc) is 2.72. The summed E-state index contributed by atoms with van der Waals surface area (Å²) in [5.74, 6) is 0.287. The number of imidazole rings is 1. The van der Waals surface area contributed by atoms with Crippen molar-refractivity contribution in [1.82, 2.24) is 15.0 Å². The number of esters is 1. The van der Waals surface area contributed by atoms with Crippen LogP contribution in [-0.2, 0) is 14.9 Å². The van der Waals surface area contributed by atoms with Crippen molar-refractivity contribution in [3.8, 4) is 0 Å². The molecular weight excluding hydrogens is 230 g/mol. The molecule has 2 aromatic heterocycles. The lowest BCUT2D eigenvalue weighted by molar-refractivity contribution is -0.149. The van der Waals surface area contributed by atoms with Gasteiger partial charge in [-0.3, -0.25) is 4.79 Å². The molecule has 0 spiro atoms. The van der Waals surface area contributed by atoms with Crippen LogP contribution in [0.2, 0.25) is 0 Å².